The molecule has 2 N–H and O–H groups in total. The average molecular weight is 231 g/mol. The molecule has 0 unspecified atom stereocenters. The van der Waals surface area contributed by atoms with Crippen molar-refractivity contribution < 1.29 is 12.8 Å². The van der Waals surface area contributed by atoms with Gasteiger partial charge in [-0.25, -0.2) is 12.8 Å². The Labute approximate surface area is 89.0 Å². The zero-order valence-corrected chi connectivity index (χ0v) is 9.13. The first-order valence-corrected chi connectivity index (χ1v) is 6.51. The maximum Gasteiger partial charge on any atom is 0.151 e. The van der Waals surface area contributed by atoms with E-state index in [9.17, 15) is 12.8 Å². The third kappa shape index (κ3) is 3.97. The van der Waals surface area contributed by atoms with Crippen LogP contribution in [0.4, 0.5) is 4.39 Å². The van der Waals surface area contributed by atoms with E-state index in [4.69, 9.17) is 5.73 Å². The molecule has 5 heteroatoms. The van der Waals surface area contributed by atoms with Crippen LogP contribution in [0.15, 0.2) is 24.3 Å². The van der Waals surface area contributed by atoms with Gasteiger partial charge in [-0.05, 0) is 18.1 Å². The third-order valence-electron chi connectivity index (χ3n) is 2.07. The first-order chi connectivity index (χ1) is 7.05. The molecular weight excluding hydrogens is 217 g/mol. The molecule has 0 saturated carbocycles. The van der Waals surface area contributed by atoms with E-state index in [0.29, 0.717) is 5.56 Å². The number of hydrogen-bond acceptors (Lipinski definition) is 3. The monoisotopic (exact) mass is 231 g/mol. The summed E-state index contributed by atoms with van der Waals surface area (Å²) in [5.74, 6) is -0.451. The van der Waals surface area contributed by atoms with Gasteiger partial charge < -0.3 is 5.73 Å². The second-order valence-corrected chi connectivity index (χ2v) is 5.59. The Morgan fingerprint density at radius 1 is 1.20 bits per heavy atom. The summed E-state index contributed by atoms with van der Waals surface area (Å²) in [6.07, 6.45) is 0.203. The molecule has 15 heavy (non-hydrogen) atoms. The molecule has 0 heterocycles. The van der Waals surface area contributed by atoms with Crippen molar-refractivity contribution >= 4 is 9.84 Å². The molecule has 84 valence electrons. The van der Waals surface area contributed by atoms with Crippen molar-refractivity contribution in [2.75, 3.05) is 18.1 Å². The van der Waals surface area contributed by atoms with Gasteiger partial charge in [-0.1, -0.05) is 18.2 Å². The molecule has 0 amide bonds. The fourth-order valence-corrected chi connectivity index (χ4v) is 2.34. The minimum absolute atomic E-state index is 0.0402. The zero-order chi connectivity index (χ0) is 11.3. The molecule has 0 radical (unpaired) electrons. The van der Waals surface area contributed by atoms with Gasteiger partial charge >= 0.3 is 0 Å². The van der Waals surface area contributed by atoms with E-state index in [-0.39, 0.29) is 30.3 Å². The maximum atomic E-state index is 13.1. The van der Waals surface area contributed by atoms with Crippen molar-refractivity contribution in [1.82, 2.24) is 0 Å². The highest BCUT2D eigenvalue weighted by molar-refractivity contribution is 7.91. The van der Waals surface area contributed by atoms with Crippen molar-refractivity contribution in [3.05, 3.63) is 35.6 Å². The molecule has 1 aromatic rings. The largest absolute Gasteiger partial charge is 0.329 e. The minimum Gasteiger partial charge on any atom is -0.329 e. The molecule has 0 aromatic heterocycles. The minimum atomic E-state index is -3.14. The molecule has 0 fully saturated rings. The molecule has 0 aliphatic heterocycles. The van der Waals surface area contributed by atoms with E-state index < -0.39 is 9.84 Å². The summed E-state index contributed by atoms with van der Waals surface area (Å²) in [4.78, 5) is 0. The van der Waals surface area contributed by atoms with Gasteiger partial charge in [0.25, 0.3) is 0 Å². The lowest BCUT2D eigenvalue weighted by molar-refractivity contribution is 0.591. The highest BCUT2D eigenvalue weighted by atomic mass is 32.2. The van der Waals surface area contributed by atoms with Gasteiger partial charge in [-0.3, -0.25) is 0 Å². The molecule has 1 aromatic carbocycles. The van der Waals surface area contributed by atoms with Gasteiger partial charge in [0.05, 0.1) is 11.5 Å². The summed E-state index contributed by atoms with van der Waals surface area (Å²) in [6, 6.07) is 6.18. The maximum absolute atomic E-state index is 13.1. The van der Waals surface area contributed by atoms with Gasteiger partial charge in [-0.2, -0.15) is 0 Å². The highest BCUT2D eigenvalue weighted by Gasteiger charge is 2.11. The fraction of sp³-hybridized carbons (Fsp3) is 0.400. The number of hydrogen-bond donors (Lipinski definition) is 1. The van der Waals surface area contributed by atoms with Crippen LogP contribution in [0.2, 0.25) is 0 Å². The van der Waals surface area contributed by atoms with Crippen molar-refractivity contribution in [2.24, 2.45) is 5.73 Å². The average Bonchev–Trinajstić information content (AvgIpc) is 2.16. The SMILES string of the molecule is NCCS(=O)(=O)CCc1ccccc1F. The van der Waals surface area contributed by atoms with Crippen molar-refractivity contribution in [1.29, 1.82) is 0 Å². The van der Waals surface area contributed by atoms with E-state index in [2.05, 4.69) is 0 Å². The van der Waals surface area contributed by atoms with Gasteiger partial charge in [0, 0.05) is 6.54 Å². The number of benzene rings is 1. The number of aryl methyl sites for hydroxylation is 1. The lowest BCUT2D eigenvalue weighted by Crippen LogP contribution is -2.19. The van der Waals surface area contributed by atoms with Crippen LogP contribution in [-0.4, -0.2) is 26.5 Å². The Kier molecular flexibility index (Phi) is 4.23. The number of halogens is 1. The quantitative estimate of drug-likeness (QED) is 0.813. The summed E-state index contributed by atoms with van der Waals surface area (Å²) in [6.45, 7) is 0.111. The Balaban J connectivity index is 2.62. The molecule has 3 nitrogen and oxygen atoms in total. The Hall–Kier alpha value is -0.940. The van der Waals surface area contributed by atoms with Crippen LogP contribution >= 0.6 is 0 Å². The van der Waals surface area contributed by atoms with Crippen molar-refractivity contribution in [3.8, 4) is 0 Å². The van der Waals surface area contributed by atoms with Gasteiger partial charge in [0.15, 0.2) is 9.84 Å². The summed E-state index contributed by atoms with van der Waals surface area (Å²) in [7, 11) is -3.14. The van der Waals surface area contributed by atoms with Crippen LogP contribution < -0.4 is 5.73 Å². The lowest BCUT2D eigenvalue weighted by atomic mass is 10.2. The van der Waals surface area contributed by atoms with Crippen molar-refractivity contribution in [3.63, 3.8) is 0 Å². The van der Waals surface area contributed by atoms with Crippen LogP contribution in [0.5, 0.6) is 0 Å². The number of rotatable bonds is 5. The normalized spacial score (nSPS) is 11.6. The van der Waals surface area contributed by atoms with E-state index in [0.717, 1.165) is 0 Å². The molecule has 0 aliphatic carbocycles. The predicted octanol–water partition coefficient (Wildman–Crippen LogP) is 0.742. The van der Waals surface area contributed by atoms with Crippen LogP contribution in [0.25, 0.3) is 0 Å². The fourth-order valence-electron chi connectivity index (χ4n) is 1.25. The number of sulfone groups is 1. The third-order valence-corrected chi connectivity index (χ3v) is 3.75. The Morgan fingerprint density at radius 2 is 1.87 bits per heavy atom. The summed E-state index contributed by atoms with van der Waals surface area (Å²) < 4.78 is 35.8. The van der Waals surface area contributed by atoms with Crippen LogP contribution in [0.3, 0.4) is 0 Å². The zero-order valence-electron chi connectivity index (χ0n) is 8.32. The highest BCUT2D eigenvalue weighted by Crippen LogP contribution is 2.08. The molecule has 0 spiro atoms. The summed E-state index contributed by atoms with van der Waals surface area (Å²) >= 11 is 0. The standard InChI is InChI=1S/C10H14FNO2S/c11-10-4-2-1-3-9(10)5-7-15(13,14)8-6-12/h1-4H,5-8,12H2. The van der Waals surface area contributed by atoms with Crippen molar-refractivity contribution in [2.45, 2.75) is 6.42 Å². The second-order valence-electron chi connectivity index (χ2n) is 3.28. The smallest absolute Gasteiger partial charge is 0.151 e. The molecule has 0 aliphatic rings. The van der Waals surface area contributed by atoms with Crippen LogP contribution in [-0.2, 0) is 16.3 Å². The van der Waals surface area contributed by atoms with Crippen LogP contribution in [0, 0.1) is 5.82 Å². The second kappa shape index (κ2) is 5.23. The predicted molar refractivity (Wildman–Crippen MR) is 57.8 cm³/mol. The lowest BCUT2D eigenvalue weighted by Gasteiger charge is -2.03. The molecule has 0 saturated heterocycles. The topological polar surface area (TPSA) is 60.2 Å². The summed E-state index contributed by atoms with van der Waals surface area (Å²) in [5, 5.41) is 0. The molecule has 1 rings (SSSR count). The van der Waals surface area contributed by atoms with E-state index in [1.54, 1.807) is 18.2 Å². The first-order valence-electron chi connectivity index (χ1n) is 4.69. The van der Waals surface area contributed by atoms with Gasteiger partial charge in [0.2, 0.25) is 0 Å². The Morgan fingerprint density at radius 3 is 2.47 bits per heavy atom. The molecular formula is C10H14FNO2S. The summed E-state index contributed by atoms with van der Waals surface area (Å²) in [5.41, 5.74) is 5.59. The van der Waals surface area contributed by atoms with Gasteiger partial charge in [0.1, 0.15) is 5.82 Å². The van der Waals surface area contributed by atoms with E-state index >= 15 is 0 Å². The van der Waals surface area contributed by atoms with Gasteiger partial charge in [-0.15, -0.1) is 0 Å². The van der Waals surface area contributed by atoms with E-state index in [1.165, 1.54) is 6.07 Å². The molecule has 0 bridgehead atoms. The Bertz CT molecular complexity index is 417. The molecule has 0 atom stereocenters. The van der Waals surface area contributed by atoms with Crippen LogP contribution in [0.1, 0.15) is 5.56 Å². The number of nitrogens with two attached hydrogens (primary N) is 1. The first kappa shape index (κ1) is 12.1. The van der Waals surface area contributed by atoms with E-state index in [1.807, 2.05) is 0 Å².